The Morgan fingerprint density at radius 2 is 1.72 bits per heavy atom. The Bertz CT molecular complexity index is 823. The van der Waals surface area contributed by atoms with Crippen LogP contribution in [0.3, 0.4) is 0 Å². The van der Waals surface area contributed by atoms with E-state index in [9.17, 15) is 14.0 Å². The third kappa shape index (κ3) is 10.5. The van der Waals surface area contributed by atoms with Crippen LogP contribution in [0, 0.1) is 5.82 Å². The third-order valence-corrected chi connectivity index (χ3v) is 3.40. The highest BCUT2D eigenvalue weighted by atomic mass is 19.1. The molecule has 0 aliphatic rings. The van der Waals surface area contributed by atoms with Gasteiger partial charge < -0.3 is 14.6 Å². The molecule has 2 aromatic rings. The van der Waals surface area contributed by atoms with Crippen molar-refractivity contribution in [3.63, 3.8) is 0 Å². The van der Waals surface area contributed by atoms with Crippen molar-refractivity contribution in [1.29, 1.82) is 0 Å². The summed E-state index contributed by atoms with van der Waals surface area (Å²) in [7, 11) is 0. The molecule has 0 amide bonds. The number of aliphatic carboxylic acids is 1. The van der Waals surface area contributed by atoms with Crippen LogP contribution in [0.15, 0.2) is 66.8 Å². The number of esters is 1. The first kappa shape index (κ1) is 23.6. The van der Waals surface area contributed by atoms with Gasteiger partial charge in [0.25, 0.3) is 0 Å². The molecule has 0 radical (unpaired) electrons. The normalized spacial score (nSPS) is 10.0. The number of hydrogen-bond acceptors (Lipinski definition) is 4. The first-order chi connectivity index (χ1) is 13.8. The van der Waals surface area contributed by atoms with Crippen molar-refractivity contribution in [1.82, 2.24) is 0 Å². The molecule has 2 aromatic carbocycles. The Morgan fingerprint density at radius 1 is 1.10 bits per heavy atom. The van der Waals surface area contributed by atoms with E-state index < -0.39 is 5.97 Å². The summed E-state index contributed by atoms with van der Waals surface area (Å²) >= 11 is 0. The Balaban J connectivity index is 0.000000396. The average Bonchev–Trinajstić information content (AvgIpc) is 2.71. The van der Waals surface area contributed by atoms with Crippen molar-refractivity contribution in [2.75, 3.05) is 6.61 Å². The second kappa shape index (κ2) is 12.9. The first-order valence-electron chi connectivity index (χ1n) is 9.02. The summed E-state index contributed by atoms with van der Waals surface area (Å²) in [6, 6.07) is 13.1. The Kier molecular flexibility index (Phi) is 10.5. The summed E-state index contributed by atoms with van der Waals surface area (Å²) in [5.74, 6) is -0.886. The van der Waals surface area contributed by atoms with E-state index in [-0.39, 0.29) is 11.8 Å². The molecule has 0 aromatic heterocycles. The van der Waals surface area contributed by atoms with Gasteiger partial charge in [0.05, 0.1) is 6.61 Å². The first-order valence-corrected chi connectivity index (χ1v) is 9.02. The van der Waals surface area contributed by atoms with Gasteiger partial charge in [-0.1, -0.05) is 37.8 Å². The van der Waals surface area contributed by atoms with Crippen molar-refractivity contribution in [3.05, 3.63) is 83.7 Å². The summed E-state index contributed by atoms with van der Waals surface area (Å²) in [6.07, 6.45) is 3.44. The SMILES string of the molecule is C=C(C)C(=O)OCCC.O=C(O)C=Cc1ccc(OCc2ccc(F)cc2)cc1. The van der Waals surface area contributed by atoms with E-state index in [1.54, 1.807) is 43.3 Å². The van der Waals surface area contributed by atoms with Crippen molar-refractivity contribution < 1.29 is 28.6 Å². The number of benzene rings is 2. The van der Waals surface area contributed by atoms with Gasteiger partial charge in [-0.3, -0.25) is 0 Å². The Morgan fingerprint density at radius 3 is 2.24 bits per heavy atom. The fourth-order valence-corrected chi connectivity index (χ4v) is 1.91. The van der Waals surface area contributed by atoms with Crippen LogP contribution >= 0.6 is 0 Å². The van der Waals surface area contributed by atoms with Gasteiger partial charge in [0.15, 0.2) is 0 Å². The van der Waals surface area contributed by atoms with Crippen molar-refractivity contribution in [2.45, 2.75) is 26.9 Å². The molecule has 0 unspecified atom stereocenters. The minimum absolute atomic E-state index is 0.275. The van der Waals surface area contributed by atoms with E-state index in [1.807, 2.05) is 6.92 Å². The molecule has 0 aliphatic carbocycles. The summed E-state index contributed by atoms with van der Waals surface area (Å²) in [5.41, 5.74) is 2.12. The quantitative estimate of drug-likeness (QED) is 0.498. The zero-order chi connectivity index (χ0) is 21.6. The minimum Gasteiger partial charge on any atom is -0.489 e. The maximum atomic E-state index is 12.7. The molecule has 0 saturated carbocycles. The van der Waals surface area contributed by atoms with Crippen LogP contribution in [-0.4, -0.2) is 23.7 Å². The molecule has 154 valence electrons. The van der Waals surface area contributed by atoms with Crippen LogP contribution < -0.4 is 4.74 Å². The molecule has 29 heavy (non-hydrogen) atoms. The maximum Gasteiger partial charge on any atom is 0.333 e. The van der Waals surface area contributed by atoms with Crippen molar-refractivity contribution in [2.24, 2.45) is 0 Å². The molecule has 5 nitrogen and oxygen atoms in total. The van der Waals surface area contributed by atoms with Gasteiger partial charge in [0, 0.05) is 11.6 Å². The molecule has 0 spiro atoms. The van der Waals surface area contributed by atoms with Crippen molar-refractivity contribution in [3.8, 4) is 5.75 Å². The lowest BCUT2D eigenvalue weighted by Gasteiger charge is -2.06. The fraction of sp³-hybridized carbons (Fsp3) is 0.217. The van der Waals surface area contributed by atoms with Gasteiger partial charge in [0.1, 0.15) is 18.2 Å². The molecule has 0 aliphatic heterocycles. The van der Waals surface area contributed by atoms with Crippen LogP contribution in [0.1, 0.15) is 31.4 Å². The monoisotopic (exact) mass is 400 g/mol. The number of carboxylic acids is 1. The minimum atomic E-state index is -0.985. The molecule has 0 bridgehead atoms. The van der Waals surface area contributed by atoms with Gasteiger partial charge in [0.2, 0.25) is 0 Å². The zero-order valence-electron chi connectivity index (χ0n) is 16.6. The summed E-state index contributed by atoms with van der Waals surface area (Å²) < 4.78 is 23.0. The number of rotatable bonds is 8. The zero-order valence-corrected chi connectivity index (χ0v) is 16.6. The van der Waals surface area contributed by atoms with E-state index in [0.717, 1.165) is 23.6 Å². The highest BCUT2D eigenvalue weighted by Crippen LogP contribution is 2.15. The second-order valence-electron chi connectivity index (χ2n) is 6.07. The predicted octanol–water partition coefficient (Wildman–Crippen LogP) is 5.02. The van der Waals surface area contributed by atoms with Crippen LogP contribution in [0.25, 0.3) is 6.08 Å². The average molecular weight is 400 g/mol. The van der Waals surface area contributed by atoms with Crippen LogP contribution in [0.2, 0.25) is 0 Å². The number of hydrogen-bond donors (Lipinski definition) is 1. The number of halogens is 1. The van der Waals surface area contributed by atoms with E-state index in [2.05, 4.69) is 6.58 Å². The number of carbonyl (C=O) groups excluding carboxylic acids is 1. The van der Waals surface area contributed by atoms with E-state index in [4.69, 9.17) is 14.6 Å². The Hall–Kier alpha value is -3.41. The molecular formula is C23H25FO5. The van der Waals surface area contributed by atoms with Gasteiger partial charge in [-0.25, -0.2) is 14.0 Å². The lowest BCUT2D eigenvalue weighted by Crippen LogP contribution is -2.04. The largest absolute Gasteiger partial charge is 0.489 e. The Labute approximate surface area is 170 Å². The second-order valence-corrected chi connectivity index (χ2v) is 6.07. The molecule has 0 heterocycles. The van der Waals surface area contributed by atoms with E-state index >= 15 is 0 Å². The summed E-state index contributed by atoms with van der Waals surface area (Å²) in [6.45, 7) is 7.86. The lowest BCUT2D eigenvalue weighted by atomic mass is 10.2. The van der Waals surface area contributed by atoms with E-state index in [0.29, 0.717) is 24.5 Å². The van der Waals surface area contributed by atoms with Crippen LogP contribution in [0.5, 0.6) is 5.75 Å². The molecule has 2 rings (SSSR count). The highest BCUT2D eigenvalue weighted by Gasteiger charge is 1.99. The maximum absolute atomic E-state index is 12.7. The topological polar surface area (TPSA) is 72.8 Å². The standard InChI is InChI=1S/C16H13FO3.C7H12O2/c17-14-6-1-13(2-7-14)11-20-15-8-3-12(4-9-15)5-10-16(18)19;1-4-5-9-7(8)6(2)3/h1-10H,11H2,(H,18,19);2,4-5H2,1,3H3. The highest BCUT2D eigenvalue weighted by molar-refractivity contribution is 5.86. The number of carboxylic acid groups (broad SMARTS) is 1. The van der Waals surface area contributed by atoms with E-state index in [1.165, 1.54) is 18.2 Å². The van der Waals surface area contributed by atoms with Gasteiger partial charge >= 0.3 is 11.9 Å². The van der Waals surface area contributed by atoms with Crippen LogP contribution in [0.4, 0.5) is 4.39 Å². The molecule has 1 N–H and O–H groups in total. The number of carbonyl (C=O) groups is 2. The molecule has 0 saturated heterocycles. The van der Waals surface area contributed by atoms with Crippen molar-refractivity contribution >= 4 is 18.0 Å². The predicted molar refractivity (Wildman–Crippen MR) is 110 cm³/mol. The smallest absolute Gasteiger partial charge is 0.333 e. The third-order valence-electron chi connectivity index (χ3n) is 3.40. The van der Waals surface area contributed by atoms with Gasteiger partial charge in [-0.2, -0.15) is 0 Å². The van der Waals surface area contributed by atoms with Crippen LogP contribution in [-0.2, 0) is 20.9 Å². The molecule has 0 atom stereocenters. The molecular weight excluding hydrogens is 375 g/mol. The van der Waals surface area contributed by atoms with Gasteiger partial charge in [-0.15, -0.1) is 0 Å². The number of ether oxygens (including phenoxy) is 2. The van der Waals surface area contributed by atoms with Gasteiger partial charge in [-0.05, 0) is 54.8 Å². The fourth-order valence-electron chi connectivity index (χ4n) is 1.91. The summed E-state index contributed by atoms with van der Waals surface area (Å²) in [5, 5.41) is 8.52. The lowest BCUT2D eigenvalue weighted by molar-refractivity contribution is -0.139. The molecule has 0 fully saturated rings. The molecule has 6 heteroatoms. The summed E-state index contributed by atoms with van der Waals surface area (Å²) in [4.78, 5) is 21.0.